The minimum atomic E-state index is -0.594. The van der Waals surface area contributed by atoms with Crippen LogP contribution in [0.4, 0.5) is 0 Å². The summed E-state index contributed by atoms with van der Waals surface area (Å²) in [6, 6.07) is 9.34. The molecule has 0 radical (unpaired) electrons. The van der Waals surface area contributed by atoms with Crippen LogP contribution in [-0.2, 0) is 22.7 Å². The van der Waals surface area contributed by atoms with E-state index in [4.69, 9.17) is 13.9 Å². The molecule has 7 nitrogen and oxygen atoms in total. The number of amides is 2. The Balaban J connectivity index is 1.81. The molecule has 1 aromatic carbocycles. The van der Waals surface area contributed by atoms with Crippen molar-refractivity contribution >= 4 is 11.8 Å². The maximum absolute atomic E-state index is 13.3. The highest BCUT2D eigenvalue weighted by atomic mass is 16.7. The normalized spacial score (nSPS) is 12.5. The van der Waals surface area contributed by atoms with Gasteiger partial charge in [-0.2, -0.15) is 0 Å². The fourth-order valence-electron chi connectivity index (χ4n) is 3.36. The molecule has 1 aliphatic heterocycles. The van der Waals surface area contributed by atoms with E-state index in [9.17, 15) is 9.59 Å². The predicted molar refractivity (Wildman–Crippen MR) is 116 cm³/mol. The van der Waals surface area contributed by atoms with Gasteiger partial charge in [-0.15, -0.1) is 6.58 Å². The number of furan rings is 1. The molecule has 166 valence electrons. The molecule has 0 bridgehead atoms. The van der Waals surface area contributed by atoms with Gasteiger partial charge in [-0.25, -0.2) is 0 Å². The first-order valence-corrected chi connectivity index (χ1v) is 10.3. The third kappa shape index (κ3) is 5.69. The Hall–Kier alpha value is -3.22. The molecule has 0 spiro atoms. The second-order valence-electron chi connectivity index (χ2n) is 8.67. The minimum absolute atomic E-state index is 0.0354. The van der Waals surface area contributed by atoms with E-state index in [2.05, 4.69) is 6.58 Å². The maximum Gasteiger partial charge on any atom is 0.242 e. The Labute approximate surface area is 183 Å². The second-order valence-corrected chi connectivity index (χ2v) is 8.67. The quantitative estimate of drug-likeness (QED) is 0.599. The Morgan fingerprint density at radius 3 is 2.45 bits per heavy atom. The van der Waals surface area contributed by atoms with Crippen molar-refractivity contribution in [1.29, 1.82) is 0 Å². The first-order chi connectivity index (χ1) is 14.7. The van der Waals surface area contributed by atoms with Crippen molar-refractivity contribution in [2.75, 3.05) is 19.9 Å². The van der Waals surface area contributed by atoms with Gasteiger partial charge in [0.15, 0.2) is 11.5 Å². The summed E-state index contributed by atoms with van der Waals surface area (Å²) < 4.78 is 16.5. The molecule has 0 fully saturated rings. The number of nitrogens with zero attached hydrogens (tertiary/aromatic N) is 2. The average Bonchev–Trinajstić information content (AvgIpc) is 3.34. The summed E-state index contributed by atoms with van der Waals surface area (Å²) in [6.45, 7) is 12.2. The number of carbonyl (C=O) groups excluding carboxylic acids is 2. The highest BCUT2D eigenvalue weighted by molar-refractivity contribution is 5.87. The van der Waals surface area contributed by atoms with Gasteiger partial charge in [0.1, 0.15) is 18.1 Å². The number of fused-ring (bicyclic) bond motifs is 1. The Morgan fingerprint density at radius 1 is 1.06 bits per heavy atom. The lowest BCUT2D eigenvalue weighted by Crippen LogP contribution is -2.46. The Bertz CT molecular complexity index is 957. The van der Waals surface area contributed by atoms with E-state index in [1.807, 2.05) is 58.0 Å². The number of aryl methyl sites for hydroxylation is 1. The number of benzene rings is 1. The fraction of sp³-hybridized carbons (Fsp3) is 0.417. The van der Waals surface area contributed by atoms with Crippen molar-refractivity contribution in [3.63, 3.8) is 0 Å². The Kier molecular flexibility index (Phi) is 6.73. The highest BCUT2D eigenvalue weighted by Crippen LogP contribution is 2.33. The molecule has 7 heteroatoms. The van der Waals surface area contributed by atoms with Gasteiger partial charge in [0.05, 0.1) is 6.54 Å². The third-order valence-corrected chi connectivity index (χ3v) is 4.91. The van der Waals surface area contributed by atoms with Crippen LogP contribution in [0.5, 0.6) is 11.5 Å². The monoisotopic (exact) mass is 426 g/mol. The van der Waals surface area contributed by atoms with Gasteiger partial charge in [-0.1, -0.05) is 32.9 Å². The first-order valence-electron chi connectivity index (χ1n) is 10.3. The van der Waals surface area contributed by atoms with Crippen molar-refractivity contribution in [1.82, 2.24) is 9.80 Å². The van der Waals surface area contributed by atoms with Crippen molar-refractivity contribution in [2.24, 2.45) is 5.41 Å². The minimum Gasteiger partial charge on any atom is -0.464 e. The molecule has 2 amide bonds. The molecule has 2 heterocycles. The molecular weight excluding hydrogens is 396 g/mol. The smallest absolute Gasteiger partial charge is 0.242 e. The molecular formula is C24H30N2O5. The van der Waals surface area contributed by atoms with Gasteiger partial charge in [0.2, 0.25) is 18.6 Å². The van der Waals surface area contributed by atoms with Gasteiger partial charge in [0, 0.05) is 18.5 Å². The summed E-state index contributed by atoms with van der Waals surface area (Å²) in [6.07, 6.45) is 1.63. The number of hydrogen-bond donors (Lipinski definition) is 0. The standard InChI is InChI=1S/C24H30N2O5/c1-6-11-25(23(28)24(3,4)5)15-22(27)26(14-19-9-7-17(2)31-19)13-18-8-10-20-21(12-18)30-16-29-20/h6-10,12H,1,11,13-16H2,2-5H3. The maximum atomic E-state index is 13.3. The molecule has 31 heavy (non-hydrogen) atoms. The Morgan fingerprint density at radius 2 is 1.81 bits per heavy atom. The molecule has 1 aliphatic rings. The van der Waals surface area contributed by atoms with E-state index >= 15 is 0 Å². The van der Waals surface area contributed by atoms with E-state index in [-0.39, 0.29) is 25.2 Å². The van der Waals surface area contributed by atoms with Gasteiger partial charge < -0.3 is 23.7 Å². The number of carbonyl (C=O) groups is 2. The zero-order chi connectivity index (χ0) is 22.6. The van der Waals surface area contributed by atoms with Crippen LogP contribution in [0.25, 0.3) is 0 Å². The topological polar surface area (TPSA) is 72.2 Å². The van der Waals surface area contributed by atoms with E-state index in [1.165, 1.54) is 4.90 Å². The summed E-state index contributed by atoms with van der Waals surface area (Å²) >= 11 is 0. The van der Waals surface area contributed by atoms with Gasteiger partial charge in [0.25, 0.3) is 0 Å². The molecule has 0 unspecified atom stereocenters. The van der Waals surface area contributed by atoms with Crippen molar-refractivity contribution in [2.45, 2.75) is 40.8 Å². The zero-order valence-corrected chi connectivity index (χ0v) is 18.6. The van der Waals surface area contributed by atoms with Crippen molar-refractivity contribution in [3.05, 3.63) is 60.1 Å². The number of rotatable bonds is 8. The molecule has 3 rings (SSSR count). The summed E-state index contributed by atoms with van der Waals surface area (Å²) in [5.74, 6) is 2.54. The molecule has 0 N–H and O–H groups in total. The predicted octanol–water partition coefficient (Wildman–Crippen LogP) is 3.91. The van der Waals surface area contributed by atoms with E-state index in [1.54, 1.807) is 11.0 Å². The van der Waals surface area contributed by atoms with Gasteiger partial charge in [-0.3, -0.25) is 9.59 Å². The SMILES string of the molecule is C=CCN(CC(=O)N(Cc1ccc2c(c1)OCO2)Cc1ccc(C)o1)C(=O)C(C)(C)C. The van der Waals surface area contributed by atoms with Crippen LogP contribution in [-0.4, -0.2) is 41.5 Å². The van der Waals surface area contributed by atoms with Crippen LogP contribution in [0.3, 0.4) is 0 Å². The average molecular weight is 427 g/mol. The van der Waals surface area contributed by atoms with Crippen LogP contribution in [0.2, 0.25) is 0 Å². The molecule has 0 saturated heterocycles. The molecule has 0 aliphatic carbocycles. The number of ether oxygens (including phenoxy) is 2. The van der Waals surface area contributed by atoms with Crippen molar-refractivity contribution < 1.29 is 23.5 Å². The van der Waals surface area contributed by atoms with E-state index < -0.39 is 5.41 Å². The molecule has 2 aromatic rings. The third-order valence-electron chi connectivity index (χ3n) is 4.91. The molecule has 0 atom stereocenters. The summed E-state index contributed by atoms with van der Waals surface area (Å²) in [5, 5.41) is 0. The van der Waals surface area contributed by atoms with E-state index in [0.29, 0.717) is 36.9 Å². The van der Waals surface area contributed by atoms with Crippen molar-refractivity contribution in [3.8, 4) is 11.5 Å². The van der Waals surface area contributed by atoms with E-state index in [0.717, 1.165) is 11.3 Å². The van der Waals surface area contributed by atoms with Crippen LogP contribution in [0.1, 0.15) is 37.9 Å². The van der Waals surface area contributed by atoms with Gasteiger partial charge in [-0.05, 0) is 36.8 Å². The van der Waals surface area contributed by atoms with Crippen LogP contribution >= 0.6 is 0 Å². The highest BCUT2D eigenvalue weighted by Gasteiger charge is 2.29. The molecule has 0 saturated carbocycles. The first kappa shape index (κ1) is 22.5. The van der Waals surface area contributed by atoms with Crippen LogP contribution < -0.4 is 9.47 Å². The second kappa shape index (κ2) is 9.29. The van der Waals surface area contributed by atoms with Gasteiger partial charge >= 0.3 is 0 Å². The largest absolute Gasteiger partial charge is 0.464 e. The lowest BCUT2D eigenvalue weighted by molar-refractivity contribution is -0.145. The van der Waals surface area contributed by atoms with Crippen LogP contribution in [0, 0.1) is 12.3 Å². The lowest BCUT2D eigenvalue weighted by Gasteiger charge is -2.30. The lowest BCUT2D eigenvalue weighted by atomic mass is 9.94. The summed E-state index contributed by atoms with van der Waals surface area (Å²) in [4.78, 5) is 29.3. The number of hydrogen-bond acceptors (Lipinski definition) is 5. The summed E-state index contributed by atoms with van der Waals surface area (Å²) in [5.41, 5.74) is 0.308. The zero-order valence-electron chi connectivity index (χ0n) is 18.6. The fourth-order valence-corrected chi connectivity index (χ4v) is 3.36. The molecule has 1 aromatic heterocycles. The van der Waals surface area contributed by atoms with Crippen LogP contribution in [0.15, 0.2) is 47.4 Å². The summed E-state index contributed by atoms with van der Waals surface area (Å²) in [7, 11) is 0.